The summed E-state index contributed by atoms with van der Waals surface area (Å²) in [5.74, 6) is 0.0291. The van der Waals surface area contributed by atoms with E-state index in [0.29, 0.717) is 12.8 Å². The predicted octanol–water partition coefficient (Wildman–Crippen LogP) is 11.6. The molecule has 12 heteroatoms. The molecule has 0 amide bonds. The first kappa shape index (κ1) is 44.0. The van der Waals surface area contributed by atoms with E-state index in [1.165, 1.54) is 0 Å². The fourth-order valence-electron chi connectivity index (χ4n) is 6.18. The van der Waals surface area contributed by atoms with Crippen molar-refractivity contribution in [1.29, 1.82) is 0 Å². The van der Waals surface area contributed by atoms with Gasteiger partial charge in [0.2, 0.25) is 0 Å². The summed E-state index contributed by atoms with van der Waals surface area (Å²) >= 11 is 0. The number of benzene rings is 6. The number of rotatable bonds is 17. The lowest BCUT2D eigenvalue weighted by molar-refractivity contribution is 0.0831. The molecule has 0 aliphatic rings. The largest absolute Gasteiger partial charge is 0.514 e. The van der Waals surface area contributed by atoms with Crippen molar-refractivity contribution in [1.82, 2.24) is 0 Å². The number of carbonyl (C=O) groups is 4. The van der Waals surface area contributed by atoms with E-state index in [0.717, 1.165) is 33.4 Å². The third kappa shape index (κ3) is 14.3. The molecule has 6 rings (SSSR count). The molecule has 2 unspecified atom stereocenters. The smallest absolute Gasteiger partial charge is 0.429 e. The minimum Gasteiger partial charge on any atom is -0.429 e. The average molecular weight is 839 g/mol. The van der Waals surface area contributed by atoms with Crippen LogP contribution in [0.3, 0.4) is 0 Å². The van der Waals surface area contributed by atoms with Gasteiger partial charge in [0.05, 0.1) is 0 Å². The van der Waals surface area contributed by atoms with Crippen LogP contribution >= 0.6 is 0 Å². The van der Waals surface area contributed by atoms with Gasteiger partial charge < -0.3 is 37.9 Å². The zero-order valence-electron chi connectivity index (χ0n) is 34.3. The Bertz CT molecular complexity index is 2200. The standard InChI is InChI=1S/C50H46O12/c1-35(27-41-23-25-43(59-47(51)55-31-37-15-7-3-8-16-37)45(29-41)61-49(53)57-33-39-19-11-5-12-20-39)36(2)28-42-24-26-44(60-48(52)56-32-38-17-9-4-10-18-38)46(30-42)62-50(54)58-34-40-21-13-6-14-22-40/h3-26,29-30,35-36H,27-28,31-34H2,1-2H3. The second-order valence-corrected chi connectivity index (χ2v) is 14.4. The number of carbonyl (C=O) groups excluding carboxylic acids is 4. The van der Waals surface area contributed by atoms with Crippen molar-refractivity contribution in [3.8, 4) is 23.0 Å². The summed E-state index contributed by atoms with van der Waals surface area (Å²) in [4.78, 5) is 51.1. The van der Waals surface area contributed by atoms with Crippen LogP contribution in [-0.4, -0.2) is 24.6 Å². The molecule has 0 fully saturated rings. The van der Waals surface area contributed by atoms with Gasteiger partial charge in [-0.25, -0.2) is 19.2 Å². The number of ether oxygens (including phenoxy) is 8. The Kier molecular flexibility index (Phi) is 16.1. The predicted molar refractivity (Wildman–Crippen MR) is 228 cm³/mol. The molecule has 12 nitrogen and oxygen atoms in total. The molecule has 0 saturated carbocycles. The zero-order valence-corrected chi connectivity index (χ0v) is 34.3. The second-order valence-electron chi connectivity index (χ2n) is 14.4. The van der Waals surface area contributed by atoms with Crippen molar-refractivity contribution in [2.24, 2.45) is 11.8 Å². The Morgan fingerprint density at radius 3 is 0.871 bits per heavy atom. The maximum Gasteiger partial charge on any atom is 0.514 e. The zero-order chi connectivity index (χ0) is 43.5. The average Bonchev–Trinajstić information content (AvgIpc) is 3.29. The maximum atomic E-state index is 12.9. The van der Waals surface area contributed by atoms with Crippen LogP contribution in [-0.2, 0) is 58.2 Å². The molecular weight excluding hydrogens is 793 g/mol. The molecule has 0 saturated heterocycles. The Morgan fingerprint density at radius 2 is 0.597 bits per heavy atom. The number of hydrogen-bond donors (Lipinski definition) is 0. The summed E-state index contributed by atoms with van der Waals surface area (Å²) in [6, 6.07) is 46.5. The van der Waals surface area contributed by atoms with E-state index in [-0.39, 0.29) is 61.3 Å². The fraction of sp³-hybridized carbons (Fsp3) is 0.200. The highest BCUT2D eigenvalue weighted by molar-refractivity contribution is 5.70. The Balaban J connectivity index is 1.12. The Labute approximate surface area is 359 Å². The summed E-state index contributed by atoms with van der Waals surface area (Å²) in [7, 11) is 0. The van der Waals surface area contributed by atoms with Crippen LogP contribution in [0.1, 0.15) is 47.2 Å². The van der Waals surface area contributed by atoms with Crippen LogP contribution in [0.4, 0.5) is 19.2 Å². The van der Waals surface area contributed by atoms with Gasteiger partial charge in [0.15, 0.2) is 23.0 Å². The lowest BCUT2D eigenvalue weighted by atomic mass is 9.85. The van der Waals surface area contributed by atoms with Crippen LogP contribution in [0.15, 0.2) is 158 Å². The van der Waals surface area contributed by atoms with Gasteiger partial charge in [-0.3, -0.25) is 0 Å². The van der Waals surface area contributed by atoms with E-state index in [9.17, 15) is 19.2 Å². The van der Waals surface area contributed by atoms with Crippen molar-refractivity contribution < 1.29 is 57.1 Å². The molecule has 6 aromatic carbocycles. The lowest BCUT2D eigenvalue weighted by Gasteiger charge is -2.21. The molecule has 0 aliphatic carbocycles. The van der Waals surface area contributed by atoms with E-state index in [4.69, 9.17) is 37.9 Å². The second kappa shape index (κ2) is 22.7. The van der Waals surface area contributed by atoms with Gasteiger partial charge in [0.25, 0.3) is 0 Å². The van der Waals surface area contributed by atoms with E-state index in [2.05, 4.69) is 13.8 Å². The minimum atomic E-state index is -0.978. The number of hydrogen-bond acceptors (Lipinski definition) is 12. The van der Waals surface area contributed by atoms with Crippen molar-refractivity contribution in [2.45, 2.75) is 53.1 Å². The molecule has 0 spiro atoms. The molecular formula is C50H46O12. The summed E-state index contributed by atoms with van der Waals surface area (Å²) in [6.07, 6.45) is -2.82. The molecule has 0 aliphatic heterocycles. The third-order valence-electron chi connectivity index (χ3n) is 9.67. The molecule has 0 heterocycles. The van der Waals surface area contributed by atoms with E-state index in [1.54, 1.807) is 36.4 Å². The highest BCUT2D eigenvalue weighted by Crippen LogP contribution is 2.34. The van der Waals surface area contributed by atoms with Crippen LogP contribution in [0.25, 0.3) is 0 Å². The monoisotopic (exact) mass is 838 g/mol. The van der Waals surface area contributed by atoms with Gasteiger partial charge in [-0.15, -0.1) is 0 Å². The molecule has 6 aromatic rings. The minimum absolute atomic E-state index is 0.00846. The Morgan fingerprint density at radius 1 is 0.339 bits per heavy atom. The van der Waals surface area contributed by atoms with Crippen LogP contribution in [0.5, 0.6) is 23.0 Å². The molecule has 0 N–H and O–H groups in total. The molecule has 0 aromatic heterocycles. The van der Waals surface area contributed by atoms with Gasteiger partial charge in [-0.1, -0.05) is 147 Å². The van der Waals surface area contributed by atoms with Crippen LogP contribution in [0.2, 0.25) is 0 Å². The summed E-state index contributed by atoms with van der Waals surface area (Å²) in [5, 5.41) is 0. The van der Waals surface area contributed by atoms with Crippen LogP contribution < -0.4 is 18.9 Å². The molecule has 2 atom stereocenters. The summed E-state index contributed by atoms with van der Waals surface area (Å²) in [5.41, 5.74) is 4.68. The first-order chi connectivity index (χ1) is 30.2. The first-order valence-corrected chi connectivity index (χ1v) is 20.0. The quantitative estimate of drug-likeness (QED) is 0.0490. The summed E-state index contributed by atoms with van der Waals surface area (Å²) < 4.78 is 43.4. The Hall–Kier alpha value is -7.60. The van der Waals surface area contributed by atoms with Gasteiger partial charge in [0, 0.05) is 0 Å². The molecule has 62 heavy (non-hydrogen) atoms. The fourth-order valence-corrected chi connectivity index (χ4v) is 6.18. The summed E-state index contributed by atoms with van der Waals surface area (Å²) in [6.45, 7) is 4.09. The van der Waals surface area contributed by atoms with Gasteiger partial charge in [-0.05, 0) is 82.3 Å². The molecule has 0 bridgehead atoms. The van der Waals surface area contributed by atoms with Crippen LogP contribution in [0, 0.1) is 11.8 Å². The third-order valence-corrected chi connectivity index (χ3v) is 9.67. The topological polar surface area (TPSA) is 142 Å². The molecule has 0 radical (unpaired) electrons. The maximum absolute atomic E-state index is 12.9. The highest BCUT2D eigenvalue weighted by Gasteiger charge is 2.22. The van der Waals surface area contributed by atoms with Crippen molar-refractivity contribution in [3.63, 3.8) is 0 Å². The van der Waals surface area contributed by atoms with Crippen molar-refractivity contribution in [2.75, 3.05) is 0 Å². The lowest BCUT2D eigenvalue weighted by Crippen LogP contribution is -2.16. The highest BCUT2D eigenvalue weighted by atomic mass is 16.8. The van der Waals surface area contributed by atoms with E-state index >= 15 is 0 Å². The first-order valence-electron chi connectivity index (χ1n) is 20.0. The molecule has 318 valence electrons. The normalized spacial score (nSPS) is 11.6. The van der Waals surface area contributed by atoms with Gasteiger partial charge in [-0.2, -0.15) is 0 Å². The van der Waals surface area contributed by atoms with E-state index < -0.39 is 24.6 Å². The van der Waals surface area contributed by atoms with Gasteiger partial charge >= 0.3 is 24.6 Å². The van der Waals surface area contributed by atoms with Crippen molar-refractivity contribution >= 4 is 24.6 Å². The van der Waals surface area contributed by atoms with E-state index in [1.807, 2.05) is 121 Å². The van der Waals surface area contributed by atoms with Gasteiger partial charge in [0.1, 0.15) is 26.4 Å². The SMILES string of the molecule is CC(Cc1ccc(OC(=O)OCc2ccccc2)c(OC(=O)OCc2ccccc2)c1)C(C)Cc1ccc(OC(=O)OCc2ccccc2)c(OC(=O)OCc2ccccc2)c1. The van der Waals surface area contributed by atoms with Crippen molar-refractivity contribution in [3.05, 3.63) is 191 Å².